The van der Waals surface area contributed by atoms with Crippen LogP contribution in [-0.4, -0.2) is 39.6 Å². The van der Waals surface area contributed by atoms with Gasteiger partial charge >= 0.3 is 0 Å². The molecule has 35 heavy (non-hydrogen) atoms. The van der Waals surface area contributed by atoms with Crippen LogP contribution in [-0.2, 0) is 16.1 Å². The van der Waals surface area contributed by atoms with E-state index in [2.05, 4.69) is 15.6 Å². The molecular formula is C26H27FN6OS. The second-order valence-electron chi connectivity index (χ2n) is 8.97. The molecule has 2 aromatic rings. The first kappa shape index (κ1) is 23.3. The second kappa shape index (κ2) is 9.31. The van der Waals surface area contributed by atoms with Crippen LogP contribution in [0.2, 0.25) is 0 Å². The molecule has 1 saturated heterocycles. The Morgan fingerprint density at radius 3 is 2.69 bits per heavy atom. The van der Waals surface area contributed by atoms with E-state index in [1.54, 1.807) is 12.1 Å². The van der Waals surface area contributed by atoms with Gasteiger partial charge in [-0.25, -0.2) is 14.4 Å². The number of rotatable bonds is 8. The van der Waals surface area contributed by atoms with Gasteiger partial charge in [0.2, 0.25) is 5.91 Å². The second-order valence-corrected chi connectivity index (χ2v) is 9.92. The third-order valence-corrected chi connectivity index (χ3v) is 7.44. The predicted octanol–water partition coefficient (Wildman–Crippen LogP) is 3.76. The molecule has 3 aliphatic rings. The lowest BCUT2D eigenvalue weighted by Crippen LogP contribution is -2.51. The minimum atomic E-state index is -1.18. The molecule has 3 heterocycles. The molecular weight excluding hydrogens is 463 g/mol. The maximum atomic E-state index is 13.2. The number of halogens is 1. The van der Waals surface area contributed by atoms with Crippen molar-refractivity contribution in [3.63, 3.8) is 0 Å². The van der Waals surface area contributed by atoms with Gasteiger partial charge in [0.1, 0.15) is 17.1 Å². The highest BCUT2D eigenvalue weighted by molar-refractivity contribution is 7.98. The fraction of sp³-hybridized carbons (Fsp3) is 0.269. The third kappa shape index (κ3) is 4.49. The number of aromatic nitrogens is 3. The maximum absolute atomic E-state index is 13.2. The SMILES string of the molecule is Cc1ccc(NC2CNC2)cc1C(C)(C(N)=O)n1cccc2nc(SCc3ccc(F)cc3)nc1-2. The molecule has 0 saturated carbocycles. The Morgan fingerprint density at radius 2 is 2.00 bits per heavy atom. The monoisotopic (exact) mass is 490 g/mol. The summed E-state index contributed by atoms with van der Waals surface area (Å²) in [5.41, 5.74) is 9.24. The summed E-state index contributed by atoms with van der Waals surface area (Å²) < 4.78 is 15.0. The van der Waals surface area contributed by atoms with E-state index in [-0.39, 0.29) is 5.82 Å². The number of nitrogens with one attached hydrogen (secondary N) is 2. The van der Waals surface area contributed by atoms with Crippen molar-refractivity contribution in [2.75, 3.05) is 18.4 Å². The average molecular weight is 491 g/mol. The van der Waals surface area contributed by atoms with Crippen LogP contribution in [0.25, 0.3) is 11.5 Å². The first-order valence-electron chi connectivity index (χ1n) is 11.5. The molecule has 5 rings (SSSR count). The molecule has 1 atom stereocenters. The summed E-state index contributed by atoms with van der Waals surface area (Å²) in [6.07, 6.45) is 1.82. The molecule has 2 aromatic carbocycles. The quantitative estimate of drug-likeness (QED) is 0.326. The molecule has 9 heteroatoms. The largest absolute Gasteiger partial charge is 0.380 e. The predicted molar refractivity (Wildman–Crippen MR) is 136 cm³/mol. The first-order valence-corrected chi connectivity index (χ1v) is 12.4. The number of hydrogen-bond acceptors (Lipinski definition) is 6. The molecule has 0 spiro atoms. The van der Waals surface area contributed by atoms with Gasteiger partial charge in [0.05, 0.1) is 6.04 Å². The van der Waals surface area contributed by atoms with Crippen LogP contribution in [0.3, 0.4) is 0 Å². The van der Waals surface area contributed by atoms with Gasteiger partial charge in [0.25, 0.3) is 0 Å². The molecule has 1 amide bonds. The Hall–Kier alpha value is -3.43. The number of amides is 1. The van der Waals surface area contributed by atoms with Crippen LogP contribution in [0.5, 0.6) is 0 Å². The van der Waals surface area contributed by atoms with Crippen LogP contribution in [0, 0.1) is 12.7 Å². The fourth-order valence-corrected chi connectivity index (χ4v) is 5.11. The molecule has 0 bridgehead atoms. The van der Waals surface area contributed by atoms with Gasteiger partial charge in [-0.05, 0) is 66.9 Å². The molecule has 0 aromatic heterocycles. The number of nitrogens with two attached hydrogens (primary N) is 1. The standard InChI is InChI=1S/C26H27FN6OS/c1-16-5-10-19(30-20-13-29-14-20)12-21(16)26(2,24(28)34)33-11-3-4-22-23(33)32-25(31-22)35-15-17-6-8-18(27)9-7-17/h3-12,20,29-30H,13-15H2,1-2H3,(H2,28,34). The highest BCUT2D eigenvalue weighted by Crippen LogP contribution is 2.36. The minimum Gasteiger partial charge on any atom is -0.380 e. The summed E-state index contributed by atoms with van der Waals surface area (Å²) in [5.74, 6) is 0.437. The number of hydrogen-bond donors (Lipinski definition) is 3. The van der Waals surface area contributed by atoms with Crippen LogP contribution in [0.15, 0.2) is 66.0 Å². The normalized spacial score (nSPS) is 15.5. The number of anilines is 1. The van der Waals surface area contributed by atoms with E-state index in [4.69, 9.17) is 10.7 Å². The Morgan fingerprint density at radius 1 is 1.23 bits per heavy atom. The third-order valence-electron chi connectivity index (χ3n) is 6.52. The van der Waals surface area contributed by atoms with Crippen molar-refractivity contribution in [3.05, 3.63) is 83.3 Å². The summed E-state index contributed by atoms with van der Waals surface area (Å²) in [7, 11) is 0. The number of thioether (sulfide) groups is 1. The lowest BCUT2D eigenvalue weighted by atomic mass is 9.86. The number of carbonyl (C=O) groups is 1. The molecule has 7 nitrogen and oxygen atoms in total. The molecule has 0 radical (unpaired) electrons. The summed E-state index contributed by atoms with van der Waals surface area (Å²) in [4.78, 5) is 22.5. The van der Waals surface area contributed by atoms with Gasteiger partial charge in [0.15, 0.2) is 11.0 Å². The van der Waals surface area contributed by atoms with Crippen LogP contribution < -0.4 is 16.4 Å². The molecule has 1 unspecified atom stereocenters. The van der Waals surface area contributed by atoms with Gasteiger partial charge in [-0.1, -0.05) is 30.0 Å². The van der Waals surface area contributed by atoms with Gasteiger partial charge in [0, 0.05) is 30.7 Å². The molecule has 1 fully saturated rings. The number of aryl methyl sites for hydroxylation is 1. The van der Waals surface area contributed by atoms with Gasteiger partial charge < -0.3 is 20.9 Å². The lowest BCUT2D eigenvalue weighted by Gasteiger charge is -2.34. The Balaban J connectivity index is 1.51. The zero-order chi connectivity index (χ0) is 24.6. The van der Waals surface area contributed by atoms with E-state index in [0.717, 1.165) is 35.5 Å². The van der Waals surface area contributed by atoms with E-state index in [0.29, 0.717) is 28.5 Å². The first-order chi connectivity index (χ1) is 16.8. The molecule has 180 valence electrons. The number of pyridine rings is 1. The van der Waals surface area contributed by atoms with Crippen molar-refractivity contribution >= 4 is 23.4 Å². The fourth-order valence-electron chi connectivity index (χ4n) is 4.30. The highest BCUT2D eigenvalue weighted by Gasteiger charge is 2.39. The van der Waals surface area contributed by atoms with E-state index >= 15 is 0 Å². The molecule has 3 aliphatic heterocycles. The Kier molecular flexibility index (Phi) is 6.21. The van der Waals surface area contributed by atoms with Crippen molar-refractivity contribution in [2.45, 2.75) is 36.3 Å². The van der Waals surface area contributed by atoms with E-state index in [9.17, 15) is 9.18 Å². The van der Waals surface area contributed by atoms with Crippen molar-refractivity contribution in [1.29, 1.82) is 0 Å². The summed E-state index contributed by atoms with van der Waals surface area (Å²) in [5, 5.41) is 7.34. The summed E-state index contributed by atoms with van der Waals surface area (Å²) >= 11 is 1.46. The zero-order valence-corrected chi connectivity index (χ0v) is 20.4. The summed E-state index contributed by atoms with van der Waals surface area (Å²) in [6.45, 7) is 5.62. The van der Waals surface area contributed by atoms with Gasteiger partial charge in [-0.15, -0.1) is 0 Å². The van der Waals surface area contributed by atoms with Crippen LogP contribution >= 0.6 is 11.8 Å². The van der Waals surface area contributed by atoms with E-state index in [1.165, 1.54) is 23.9 Å². The molecule has 4 N–H and O–H groups in total. The minimum absolute atomic E-state index is 0.264. The van der Waals surface area contributed by atoms with Gasteiger partial charge in [-0.3, -0.25) is 4.79 Å². The van der Waals surface area contributed by atoms with E-state index < -0.39 is 11.4 Å². The van der Waals surface area contributed by atoms with Gasteiger partial charge in [-0.2, -0.15) is 0 Å². The number of fused-ring (bicyclic) bond motifs is 1. The number of primary amides is 1. The highest BCUT2D eigenvalue weighted by atomic mass is 32.2. The van der Waals surface area contributed by atoms with Crippen molar-refractivity contribution in [3.8, 4) is 11.5 Å². The van der Waals surface area contributed by atoms with Crippen molar-refractivity contribution in [1.82, 2.24) is 19.9 Å². The van der Waals surface area contributed by atoms with Crippen LogP contribution in [0.4, 0.5) is 10.1 Å². The Bertz CT molecular complexity index is 1340. The number of imidazole rings is 1. The number of nitrogens with zero attached hydrogens (tertiary/aromatic N) is 3. The van der Waals surface area contributed by atoms with Crippen molar-refractivity contribution in [2.24, 2.45) is 5.73 Å². The lowest BCUT2D eigenvalue weighted by molar-refractivity contribution is -0.124. The number of carbonyl (C=O) groups excluding carboxylic acids is 1. The summed E-state index contributed by atoms with van der Waals surface area (Å²) in [6, 6.07) is 16.5. The number of benzene rings is 2. The van der Waals surface area contributed by atoms with Crippen LogP contribution in [0.1, 0.15) is 23.6 Å². The average Bonchev–Trinajstić information content (AvgIpc) is 3.24. The Labute approximate surface area is 207 Å². The molecule has 0 aliphatic carbocycles. The topological polar surface area (TPSA) is 97.9 Å². The van der Waals surface area contributed by atoms with E-state index in [1.807, 2.05) is 54.9 Å². The van der Waals surface area contributed by atoms with Crippen molar-refractivity contribution < 1.29 is 9.18 Å². The maximum Gasteiger partial charge on any atom is 0.248 e. The smallest absolute Gasteiger partial charge is 0.248 e. The zero-order valence-electron chi connectivity index (χ0n) is 19.6.